The Morgan fingerprint density at radius 1 is 1.36 bits per heavy atom. The van der Waals surface area contributed by atoms with Crippen LogP contribution in [0.4, 0.5) is 5.69 Å². The van der Waals surface area contributed by atoms with Crippen molar-refractivity contribution in [3.05, 3.63) is 52.6 Å². The van der Waals surface area contributed by atoms with E-state index >= 15 is 0 Å². The van der Waals surface area contributed by atoms with E-state index in [9.17, 15) is 4.79 Å². The van der Waals surface area contributed by atoms with Crippen LogP contribution in [-0.2, 0) is 6.54 Å². The highest BCUT2D eigenvalue weighted by atomic mass is 32.1. The third-order valence-corrected chi connectivity index (χ3v) is 4.06. The van der Waals surface area contributed by atoms with Crippen LogP contribution in [0.5, 0.6) is 0 Å². The number of carbonyl (C=O) groups is 1. The van der Waals surface area contributed by atoms with Gasteiger partial charge in [0.25, 0.3) is 5.91 Å². The number of carbonyl (C=O) groups excluding carboxylic acids is 1. The van der Waals surface area contributed by atoms with Gasteiger partial charge in [0.1, 0.15) is 5.69 Å². The van der Waals surface area contributed by atoms with Gasteiger partial charge in [-0.3, -0.25) is 9.48 Å². The van der Waals surface area contributed by atoms with Gasteiger partial charge in [-0.05, 0) is 32.0 Å². The molecule has 5 nitrogen and oxygen atoms in total. The first-order valence-electron chi connectivity index (χ1n) is 7.03. The van der Waals surface area contributed by atoms with Crippen LogP contribution in [0.2, 0.25) is 0 Å². The van der Waals surface area contributed by atoms with Crippen molar-refractivity contribution in [3.63, 3.8) is 0 Å². The first-order valence-corrected chi connectivity index (χ1v) is 7.91. The van der Waals surface area contributed by atoms with Gasteiger partial charge >= 0.3 is 0 Å². The van der Waals surface area contributed by atoms with E-state index in [1.54, 1.807) is 28.3 Å². The maximum Gasteiger partial charge on any atom is 0.273 e. The molecule has 6 heteroatoms. The fraction of sp³-hybridized carbons (Fsp3) is 0.188. The van der Waals surface area contributed by atoms with Crippen molar-refractivity contribution in [3.8, 4) is 11.3 Å². The topological polar surface area (TPSA) is 59.8 Å². The number of thiazole rings is 1. The highest BCUT2D eigenvalue weighted by molar-refractivity contribution is 7.09. The van der Waals surface area contributed by atoms with Crippen molar-refractivity contribution in [1.29, 1.82) is 0 Å². The number of aromatic nitrogens is 3. The van der Waals surface area contributed by atoms with Crippen molar-refractivity contribution in [2.75, 3.05) is 5.32 Å². The number of rotatable bonds is 4. The molecule has 0 atom stereocenters. The Hall–Kier alpha value is -2.47. The Morgan fingerprint density at radius 3 is 2.95 bits per heavy atom. The van der Waals surface area contributed by atoms with Crippen molar-refractivity contribution < 1.29 is 4.79 Å². The molecule has 2 aromatic heterocycles. The molecular weight excluding hydrogens is 296 g/mol. The van der Waals surface area contributed by atoms with E-state index in [1.165, 1.54) is 0 Å². The Morgan fingerprint density at radius 2 is 2.23 bits per heavy atom. The van der Waals surface area contributed by atoms with Gasteiger partial charge in [0, 0.05) is 29.4 Å². The van der Waals surface area contributed by atoms with Crippen LogP contribution in [0.3, 0.4) is 0 Å². The molecule has 0 aliphatic heterocycles. The van der Waals surface area contributed by atoms with Crippen LogP contribution < -0.4 is 5.32 Å². The van der Waals surface area contributed by atoms with Crippen molar-refractivity contribution >= 4 is 22.9 Å². The van der Waals surface area contributed by atoms with Crippen LogP contribution in [-0.4, -0.2) is 20.7 Å². The number of nitrogens with one attached hydrogen (secondary N) is 1. The Bertz CT molecular complexity index is 806. The summed E-state index contributed by atoms with van der Waals surface area (Å²) in [5.74, 6) is -0.161. The van der Waals surface area contributed by atoms with Crippen molar-refractivity contribution in [2.24, 2.45) is 0 Å². The smallest absolute Gasteiger partial charge is 0.273 e. The van der Waals surface area contributed by atoms with Gasteiger partial charge in [-0.25, -0.2) is 4.98 Å². The Kier molecular flexibility index (Phi) is 4.02. The van der Waals surface area contributed by atoms with Gasteiger partial charge in [0.05, 0.1) is 10.7 Å². The van der Waals surface area contributed by atoms with E-state index in [4.69, 9.17) is 0 Å². The zero-order valence-corrected chi connectivity index (χ0v) is 13.2. The molecule has 0 saturated heterocycles. The standard InChI is InChI=1S/C16H16N4OS/c1-3-20-15(7-8-17-20)16(21)19-13-6-4-5-12(9-13)14-10-22-11(2)18-14/h4-10H,3H2,1-2H3,(H,19,21). The maximum absolute atomic E-state index is 12.3. The minimum Gasteiger partial charge on any atom is -0.321 e. The minimum absolute atomic E-state index is 0.161. The predicted octanol–water partition coefficient (Wildman–Crippen LogP) is 3.59. The van der Waals surface area contributed by atoms with Crippen molar-refractivity contribution in [2.45, 2.75) is 20.4 Å². The molecule has 0 spiro atoms. The molecule has 3 rings (SSSR count). The second kappa shape index (κ2) is 6.11. The second-order valence-electron chi connectivity index (χ2n) is 4.82. The molecule has 2 heterocycles. The number of benzene rings is 1. The van der Waals surface area contributed by atoms with Crippen LogP contribution in [0.25, 0.3) is 11.3 Å². The molecular formula is C16H16N4OS. The van der Waals surface area contributed by atoms with E-state index in [-0.39, 0.29) is 5.91 Å². The molecule has 0 aliphatic carbocycles. The van der Waals surface area contributed by atoms with Gasteiger partial charge in [-0.1, -0.05) is 12.1 Å². The van der Waals surface area contributed by atoms with E-state index in [0.717, 1.165) is 22.0 Å². The summed E-state index contributed by atoms with van der Waals surface area (Å²) >= 11 is 1.61. The van der Waals surface area contributed by atoms with E-state index in [1.807, 2.05) is 43.5 Å². The molecule has 0 saturated carbocycles. The van der Waals surface area contributed by atoms with Gasteiger partial charge in [-0.2, -0.15) is 5.10 Å². The van der Waals surface area contributed by atoms with Crippen LogP contribution >= 0.6 is 11.3 Å². The third-order valence-electron chi connectivity index (χ3n) is 3.28. The van der Waals surface area contributed by atoms with Crippen LogP contribution in [0.1, 0.15) is 22.4 Å². The highest BCUT2D eigenvalue weighted by Crippen LogP contribution is 2.24. The second-order valence-corrected chi connectivity index (χ2v) is 5.88. The Balaban J connectivity index is 1.82. The number of amides is 1. The summed E-state index contributed by atoms with van der Waals surface area (Å²) in [6.07, 6.45) is 1.63. The molecule has 22 heavy (non-hydrogen) atoms. The largest absolute Gasteiger partial charge is 0.321 e. The average molecular weight is 312 g/mol. The fourth-order valence-corrected chi connectivity index (χ4v) is 2.85. The Labute approximate surface area is 132 Å². The van der Waals surface area contributed by atoms with Gasteiger partial charge in [-0.15, -0.1) is 11.3 Å². The summed E-state index contributed by atoms with van der Waals surface area (Å²) in [7, 11) is 0. The summed E-state index contributed by atoms with van der Waals surface area (Å²) in [6, 6.07) is 9.41. The quantitative estimate of drug-likeness (QED) is 0.801. The molecule has 0 bridgehead atoms. The van der Waals surface area contributed by atoms with E-state index in [2.05, 4.69) is 15.4 Å². The first kappa shape index (κ1) is 14.5. The number of aryl methyl sites for hydroxylation is 2. The summed E-state index contributed by atoms with van der Waals surface area (Å²) in [5, 5.41) is 10.1. The number of nitrogens with zero attached hydrogens (tertiary/aromatic N) is 3. The number of anilines is 1. The van der Waals surface area contributed by atoms with E-state index in [0.29, 0.717) is 12.2 Å². The summed E-state index contributed by atoms with van der Waals surface area (Å²) < 4.78 is 1.67. The fourth-order valence-electron chi connectivity index (χ4n) is 2.22. The van der Waals surface area contributed by atoms with Gasteiger partial charge < -0.3 is 5.32 Å². The molecule has 1 aromatic carbocycles. The molecule has 1 amide bonds. The van der Waals surface area contributed by atoms with Crippen LogP contribution in [0, 0.1) is 6.92 Å². The zero-order chi connectivity index (χ0) is 15.5. The zero-order valence-electron chi connectivity index (χ0n) is 12.4. The third kappa shape index (κ3) is 2.92. The molecule has 3 aromatic rings. The molecule has 0 unspecified atom stereocenters. The maximum atomic E-state index is 12.3. The predicted molar refractivity (Wildman–Crippen MR) is 88.1 cm³/mol. The first-order chi connectivity index (χ1) is 10.7. The summed E-state index contributed by atoms with van der Waals surface area (Å²) in [5.41, 5.74) is 3.22. The van der Waals surface area contributed by atoms with Crippen molar-refractivity contribution in [1.82, 2.24) is 14.8 Å². The monoisotopic (exact) mass is 312 g/mol. The normalized spacial score (nSPS) is 10.6. The lowest BCUT2D eigenvalue weighted by Gasteiger charge is -2.08. The van der Waals surface area contributed by atoms with Gasteiger partial charge in [0.15, 0.2) is 0 Å². The molecule has 112 valence electrons. The number of hydrogen-bond acceptors (Lipinski definition) is 4. The lowest BCUT2D eigenvalue weighted by Crippen LogP contribution is -2.17. The lowest BCUT2D eigenvalue weighted by atomic mass is 10.1. The molecule has 0 radical (unpaired) electrons. The lowest BCUT2D eigenvalue weighted by molar-refractivity contribution is 0.101. The molecule has 0 aliphatic rings. The highest BCUT2D eigenvalue weighted by Gasteiger charge is 2.12. The molecule has 1 N–H and O–H groups in total. The van der Waals surface area contributed by atoms with Gasteiger partial charge in [0.2, 0.25) is 0 Å². The minimum atomic E-state index is -0.161. The SMILES string of the molecule is CCn1nccc1C(=O)Nc1cccc(-c2csc(C)n2)c1. The van der Waals surface area contributed by atoms with E-state index < -0.39 is 0 Å². The average Bonchev–Trinajstić information content (AvgIpc) is 3.16. The van der Waals surface area contributed by atoms with Crippen LogP contribution in [0.15, 0.2) is 41.9 Å². The number of hydrogen-bond donors (Lipinski definition) is 1. The summed E-state index contributed by atoms with van der Waals surface area (Å²) in [6.45, 7) is 4.59. The summed E-state index contributed by atoms with van der Waals surface area (Å²) in [4.78, 5) is 16.8. The molecule has 0 fully saturated rings.